The van der Waals surface area contributed by atoms with Gasteiger partial charge in [0.05, 0.1) is 12.8 Å². The van der Waals surface area contributed by atoms with Gasteiger partial charge in [0.2, 0.25) is 0 Å². The SMILES string of the molecule is COc1ccccc1N(C)C(CN)C1CCSC1. The second kappa shape index (κ2) is 6.34. The van der Waals surface area contributed by atoms with Crippen LogP contribution in [0.2, 0.25) is 0 Å². The molecular weight excluding hydrogens is 244 g/mol. The summed E-state index contributed by atoms with van der Waals surface area (Å²) in [5.74, 6) is 4.10. The van der Waals surface area contributed by atoms with Crippen LogP contribution in [-0.4, -0.2) is 38.2 Å². The third kappa shape index (κ3) is 2.75. The molecule has 1 heterocycles. The van der Waals surface area contributed by atoms with Crippen LogP contribution in [0.4, 0.5) is 5.69 Å². The monoisotopic (exact) mass is 266 g/mol. The van der Waals surface area contributed by atoms with Crippen molar-refractivity contribution in [1.29, 1.82) is 0 Å². The van der Waals surface area contributed by atoms with Gasteiger partial charge in [-0.2, -0.15) is 11.8 Å². The lowest BCUT2D eigenvalue weighted by Gasteiger charge is -2.34. The molecule has 2 rings (SSSR count). The number of ether oxygens (including phenoxy) is 1. The summed E-state index contributed by atoms with van der Waals surface area (Å²) >= 11 is 2.03. The molecule has 1 aliphatic rings. The number of rotatable bonds is 5. The molecule has 18 heavy (non-hydrogen) atoms. The number of benzene rings is 1. The quantitative estimate of drug-likeness (QED) is 0.887. The fourth-order valence-electron chi connectivity index (χ4n) is 2.62. The molecule has 100 valence electrons. The molecule has 0 bridgehead atoms. The highest BCUT2D eigenvalue weighted by molar-refractivity contribution is 7.99. The first kappa shape index (κ1) is 13.6. The Morgan fingerprint density at radius 3 is 2.89 bits per heavy atom. The molecule has 3 nitrogen and oxygen atoms in total. The van der Waals surface area contributed by atoms with Crippen molar-refractivity contribution in [3.63, 3.8) is 0 Å². The molecule has 2 unspecified atom stereocenters. The van der Waals surface area contributed by atoms with E-state index >= 15 is 0 Å². The first-order valence-corrected chi connectivity index (χ1v) is 7.57. The molecule has 0 saturated carbocycles. The number of anilines is 1. The van der Waals surface area contributed by atoms with Crippen molar-refractivity contribution in [2.45, 2.75) is 12.5 Å². The molecule has 0 amide bonds. The van der Waals surface area contributed by atoms with E-state index in [2.05, 4.69) is 18.0 Å². The van der Waals surface area contributed by atoms with E-state index in [9.17, 15) is 0 Å². The Morgan fingerprint density at radius 2 is 2.28 bits per heavy atom. The average molecular weight is 266 g/mol. The molecule has 1 aromatic carbocycles. The lowest BCUT2D eigenvalue weighted by atomic mass is 9.97. The summed E-state index contributed by atoms with van der Waals surface area (Å²) in [5.41, 5.74) is 7.12. The molecule has 4 heteroatoms. The fraction of sp³-hybridized carbons (Fsp3) is 0.571. The van der Waals surface area contributed by atoms with Gasteiger partial charge in [0.15, 0.2) is 0 Å². The highest BCUT2D eigenvalue weighted by Crippen LogP contribution is 2.33. The fourth-order valence-corrected chi connectivity index (χ4v) is 3.95. The van der Waals surface area contributed by atoms with Crippen LogP contribution < -0.4 is 15.4 Å². The summed E-state index contributed by atoms with van der Waals surface area (Å²) < 4.78 is 5.44. The zero-order valence-corrected chi connectivity index (χ0v) is 12.0. The Balaban J connectivity index is 2.19. The molecule has 0 radical (unpaired) electrons. The molecule has 2 atom stereocenters. The maximum Gasteiger partial charge on any atom is 0.142 e. The Hall–Kier alpha value is -0.870. The van der Waals surface area contributed by atoms with Crippen molar-refractivity contribution in [1.82, 2.24) is 0 Å². The van der Waals surface area contributed by atoms with Gasteiger partial charge in [0.1, 0.15) is 5.75 Å². The maximum atomic E-state index is 5.99. The Labute approximate surface area is 114 Å². The largest absolute Gasteiger partial charge is 0.495 e. The van der Waals surface area contributed by atoms with Gasteiger partial charge in [0, 0.05) is 19.6 Å². The summed E-state index contributed by atoms with van der Waals surface area (Å²) in [4.78, 5) is 2.29. The number of likely N-dealkylation sites (N-methyl/N-ethyl adjacent to an activating group) is 1. The van der Waals surface area contributed by atoms with Crippen LogP contribution in [0.3, 0.4) is 0 Å². The lowest BCUT2D eigenvalue weighted by Crippen LogP contribution is -2.44. The maximum absolute atomic E-state index is 5.99. The molecule has 0 spiro atoms. The first-order valence-electron chi connectivity index (χ1n) is 6.41. The van der Waals surface area contributed by atoms with Gasteiger partial charge in [0.25, 0.3) is 0 Å². The van der Waals surface area contributed by atoms with Crippen LogP contribution in [0.5, 0.6) is 5.75 Å². The standard InChI is InChI=1S/C14H22N2OS/c1-16(12-5-3-4-6-14(12)17-2)13(9-15)11-7-8-18-10-11/h3-6,11,13H,7-10,15H2,1-2H3. The van der Waals surface area contributed by atoms with E-state index in [4.69, 9.17) is 10.5 Å². The van der Waals surface area contributed by atoms with Crippen LogP contribution in [-0.2, 0) is 0 Å². The van der Waals surface area contributed by atoms with E-state index in [-0.39, 0.29) is 0 Å². The molecular formula is C14H22N2OS. The topological polar surface area (TPSA) is 38.5 Å². The normalized spacial score (nSPS) is 20.7. The minimum absolute atomic E-state index is 0.399. The third-order valence-electron chi connectivity index (χ3n) is 3.71. The van der Waals surface area contributed by atoms with Gasteiger partial charge in [-0.25, -0.2) is 0 Å². The van der Waals surface area contributed by atoms with Crippen LogP contribution in [0.1, 0.15) is 6.42 Å². The highest BCUT2D eigenvalue weighted by atomic mass is 32.2. The second-order valence-electron chi connectivity index (χ2n) is 4.71. The molecule has 1 aromatic rings. The highest BCUT2D eigenvalue weighted by Gasteiger charge is 2.28. The number of nitrogens with two attached hydrogens (primary N) is 1. The summed E-state index contributed by atoms with van der Waals surface area (Å²) in [7, 11) is 3.84. The van der Waals surface area contributed by atoms with Crippen LogP contribution in [0.15, 0.2) is 24.3 Å². The van der Waals surface area contributed by atoms with Gasteiger partial charge in [-0.05, 0) is 36.0 Å². The smallest absolute Gasteiger partial charge is 0.142 e. The van der Waals surface area contributed by atoms with E-state index in [1.165, 1.54) is 17.9 Å². The predicted octanol–water partition coefficient (Wildman–Crippen LogP) is 2.21. The lowest BCUT2D eigenvalue weighted by molar-refractivity contribution is 0.406. The second-order valence-corrected chi connectivity index (χ2v) is 5.86. The Bertz CT molecular complexity index is 380. The van der Waals surface area contributed by atoms with Gasteiger partial charge in [-0.1, -0.05) is 12.1 Å². The first-order chi connectivity index (χ1) is 8.77. The molecule has 2 N–H and O–H groups in total. The average Bonchev–Trinajstić information content (AvgIpc) is 2.93. The van der Waals surface area contributed by atoms with Crippen LogP contribution >= 0.6 is 11.8 Å². The summed E-state index contributed by atoms with van der Waals surface area (Å²) in [5, 5.41) is 0. The minimum atomic E-state index is 0.399. The number of methoxy groups -OCH3 is 1. The van der Waals surface area contributed by atoms with E-state index in [0.717, 1.165) is 11.4 Å². The zero-order valence-electron chi connectivity index (χ0n) is 11.1. The van der Waals surface area contributed by atoms with E-state index in [1.54, 1.807) is 7.11 Å². The van der Waals surface area contributed by atoms with Crippen molar-refractivity contribution >= 4 is 17.4 Å². The summed E-state index contributed by atoms with van der Waals surface area (Å²) in [6.07, 6.45) is 1.27. The van der Waals surface area contributed by atoms with Gasteiger partial charge < -0.3 is 15.4 Å². The molecule has 1 saturated heterocycles. The van der Waals surface area contributed by atoms with Crippen LogP contribution in [0, 0.1) is 5.92 Å². The van der Waals surface area contributed by atoms with E-state index < -0.39 is 0 Å². The van der Waals surface area contributed by atoms with Crippen molar-refractivity contribution in [2.75, 3.05) is 37.1 Å². The Kier molecular flexibility index (Phi) is 4.78. The molecule has 1 aliphatic heterocycles. The minimum Gasteiger partial charge on any atom is -0.495 e. The Morgan fingerprint density at radius 1 is 1.50 bits per heavy atom. The molecule has 1 fully saturated rings. The van der Waals surface area contributed by atoms with Crippen molar-refractivity contribution < 1.29 is 4.74 Å². The number of hydrogen-bond acceptors (Lipinski definition) is 4. The number of thioether (sulfide) groups is 1. The van der Waals surface area contributed by atoms with Crippen LogP contribution in [0.25, 0.3) is 0 Å². The van der Waals surface area contributed by atoms with Gasteiger partial charge in [-0.15, -0.1) is 0 Å². The summed E-state index contributed by atoms with van der Waals surface area (Å²) in [6.45, 7) is 0.694. The zero-order chi connectivity index (χ0) is 13.0. The van der Waals surface area contributed by atoms with Crippen molar-refractivity contribution in [3.05, 3.63) is 24.3 Å². The number of para-hydroxylation sites is 2. The van der Waals surface area contributed by atoms with Crippen molar-refractivity contribution in [3.8, 4) is 5.75 Å². The summed E-state index contributed by atoms with van der Waals surface area (Å²) in [6, 6.07) is 8.55. The van der Waals surface area contributed by atoms with E-state index in [0.29, 0.717) is 18.5 Å². The molecule has 0 aromatic heterocycles. The number of hydrogen-bond donors (Lipinski definition) is 1. The van der Waals surface area contributed by atoms with Crippen molar-refractivity contribution in [2.24, 2.45) is 11.7 Å². The third-order valence-corrected chi connectivity index (χ3v) is 4.90. The predicted molar refractivity (Wildman–Crippen MR) is 79.7 cm³/mol. The van der Waals surface area contributed by atoms with Gasteiger partial charge >= 0.3 is 0 Å². The number of nitrogens with zero attached hydrogens (tertiary/aromatic N) is 1. The van der Waals surface area contributed by atoms with Gasteiger partial charge in [-0.3, -0.25) is 0 Å². The van der Waals surface area contributed by atoms with E-state index in [1.807, 2.05) is 30.0 Å². The molecule has 0 aliphatic carbocycles.